The first-order valence-corrected chi connectivity index (χ1v) is 11.3. The molecule has 1 aromatic heterocycles. The predicted octanol–water partition coefficient (Wildman–Crippen LogP) is 6.08. The van der Waals surface area contributed by atoms with Crippen LogP contribution in [-0.2, 0) is 13.0 Å². The van der Waals surface area contributed by atoms with Gasteiger partial charge in [-0.1, -0.05) is 54.1 Å². The molecule has 2 amide bonds. The Morgan fingerprint density at radius 3 is 2.55 bits per heavy atom. The van der Waals surface area contributed by atoms with Crippen LogP contribution in [0.4, 0.5) is 10.5 Å². The van der Waals surface area contributed by atoms with E-state index in [0.717, 1.165) is 27.6 Å². The summed E-state index contributed by atoms with van der Waals surface area (Å²) in [6.07, 6.45) is 0.674. The van der Waals surface area contributed by atoms with Crippen LogP contribution in [0.5, 0.6) is 0 Å². The van der Waals surface area contributed by atoms with Gasteiger partial charge in [-0.15, -0.1) is 0 Å². The normalized spacial score (nSPS) is 10.9. The van der Waals surface area contributed by atoms with Gasteiger partial charge in [-0.2, -0.15) is 0 Å². The van der Waals surface area contributed by atoms with Crippen molar-refractivity contribution >= 4 is 34.2 Å². The zero-order valence-corrected chi connectivity index (χ0v) is 19.4. The number of nitrogens with zero attached hydrogens (tertiary/aromatic N) is 1. The van der Waals surface area contributed by atoms with Gasteiger partial charge >= 0.3 is 6.03 Å². The van der Waals surface area contributed by atoms with Crippen LogP contribution in [0, 0.1) is 13.8 Å². The molecular weight excluding hydrogens is 434 g/mol. The van der Waals surface area contributed by atoms with Crippen molar-refractivity contribution in [2.75, 3.05) is 11.9 Å². The number of aromatic nitrogens is 1. The minimum absolute atomic E-state index is 0.187. The fourth-order valence-corrected chi connectivity index (χ4v) is 4.16. The molecule has 4 rings (SSSR count). The summed E-state index contributed by atoms with van der Waals surface area (Å²) >= 11 is 6.07. The predicted molar refractivity (Wildman–Crippen MR) is 135 cm³/mol. The van der Waals surface area contributed by atoms with E-state index in [1.807, 2.05) is 56.3 Å². The average Bonchev–Trinajstić information content (AvgIpc) is 2.77. The molecule has 0 unspecified atom stereocenters. The number of hydrogen-bond donors (Lipinski definition) is 2. The summed E-state index contributed by atoms with van der Waals surface area (Å²) in [6.45, 7) is 4.68. The third kappa shape index (κ3) is 5.62. The molecule has 168 valence electrons. The molecule has 0 aliphatic rings. The quantitative estimate of drug-likeness (QED) is 0.367. The van der Waals surface area contributed by atoms with Crippen molar-refractivity contribution in [2.24, 2.45) is 0 Å². The lowest BCUT2D eigenvalue weighted by molar-refractivity contribution is 0.209. The molecule has 1 heterocycles. The van der Waals surface area contributed by atoms with Crippen molar-refractivity contribution in [3.8, 4) is 0 Å². The van der Waals surface area contributed by atoms with Crippen molar-refractivity contribution in [3.63, 3.8) is 0 Å². The van der Waals surface area contributed by atoms with E-state index in [-0.39, 0.29) is 18.1 Å². The summed E-state index contributed by atoms with van der Waals surface area (Å²) in [6, 6.07) is 22.7. The zero-order valence-electron chi connectivity index (χ0n) is 18.7. The summed E-state index contributed by atoms with van der Waals surface area (Å²) in [5, 5.41) is 4.43. The molecular formula is C27H26ClN3O2. The van der Waals surface area contributed by atoms with Crippen LogP contribution in [-0.4, -0.2) is 22.5 Å². The molecule has 0 saturated heterocycles. The first-order chi connectivity index (χ1) is 15.9. The number of amides is 2. The van der Waals surface area contributed by atoms with Crippen molar-refractivity contribution in [1.82, 2.24) is 9.88 Å². The maximum atomic E-state index is 13.2. The summed E-state index contributed by atoms with van der Waals surface area (Å²) in [4.78, 5) is 30.7. The number of nitrogens with one attached hydrogen (secondary N) is 2. The van der Waals surface area contributed by atoms with Crippen LogP contribution in [0.3, 0.4) is 0 Å². The van der Waals surface area contributed by atoms with Gasteiger partial charge in [0.15, 0.2) is 0 Å². The first kappa shape index (κ1) is 22.6. The van der Waals surface area contributed by atoms with E-state index in [9.17, 15) is 9.59 Å². The van der Waals surface area contributed by atoms with E-state index in [1.54, 1.807) is 29.2 Å². The van der Waals surface area contributed by atoms with Gasteiger partial charge in [0.25, 0.3) is 5.56 Å². The number of carbonyl (C=O) groups is 1. The van der Waals surface area contributed by atoms with Crippen molar-refractivity contribution in [2.45, 2.75) is 26.8 Å². The molecule has 0 fully saturated rings. The van der Waals surface area contributed by atoms with E-state index in [2.05, 4.69) is 16.4 Å². The van der Waals surface area contributed by atoms with E-state index in [1.165, 1.54) is 0 Å². The number of aryl methyl sites for hydroxylation is 2. The minimum atomic E-state index is -0.284. The van der Waals surface area contributed by atoms with E-state index >= 15 is 0 Å². The Labute approximate surface area is 198 Å². The maximum Gasteiger partial charge on any atom is 0.322 e. The summed E-state index contributed by atoms with van der Waals surface area (Å²) in [5.41, 5.74) is 5.07. The number of hydrogen-bond acceptors (Lipinski definition) is 2. The molecule has 3 aromatic carbocycles. The Morgan fingerprint density at radius 1 is 1.00 bits per heavy atom. The largest absolute Gasteiger partial charge is 0.322 e. The van der Waals surface area contributed by atoms with Gasteiger partial charge in [-0.05, 0) is 67.3 Å². The highest BCUT2D eigenvalue weighted by molar-refractivity contribution is 6.30. The van der Waals surface area contributed by atoms with Crippen LogP contribution in [0.15, 0.2) is 77.6 Å². The zero-order chi connectivity index (χ0) is 23.4. The lowest BCUT2D eigenvalue weighted by atomic mass is 10.0. The Kier molecular flexibility index (Phi) is 6.80. The molecule has 0 bridgehead atoms. The van der Waals surface area contributed by atoms with Crippen molar-refractivity contribution in [1.29, 1.82) is 0 Å². The van der Waals surface area contributed by atoms with E-state index in [0.29, 0.717) is 29.2 Å². The number of rotatable bonds is 6. The lowest BCUT2D eigenvalue weighted by Crippen LogP contribution is -2.37. The van der Waals surface area contributed by atoms with E-state index < -0.39 is 0 Å². The SMILES string of the molecule is Cc1cc(C)c2cc(CN(CCc3ccccc3)C(=O)Nc3cccc(Cl)c3)c(=O)[nH]c2c1. The van der Waals surface area contributed by atoms with Gasteiger partial charge in [0.1, 0.15) is 0 Å². The summed E-state index contributed by atoms with van der Waals surface area (Å²) in [7, 11) is 0. The molecule has 5 nitrogen and oxygen atoms in total. The molecule has 0 atom stereocenters. The number of carbonyl (C=O) groups excluding carboxylic acids is 1. The molecule has 4 aromatic rings. The molecule has 6 heteroatoms. The third-order valence-electron chi connectivity index (χ3n) is 5.63. The highest BCUT2D eigenvalue weighted by Gasteiger charge is 2.17. The first-order valence-electron chi connectivity index (χ1n) is 10.9. The summed E-state index contributed by atoms with van der Waals surface area (Å²) < 4.78 is 0. The number of aromatic amines is 1. The highest BCUT2D eigenvalue weighted by atomic mass is 35.5. The van der Waals surface area contributed by atoms with Crippen molar-refractivity contribution in [3.05, 3.63) is 110 Å². The molecule has 33 heavy (non-hydrogen) atoms. The number of urea groups is 1. The standard InChI is InChI=1S/C27H26ClN3O2/c1-18-13-19(2)24-15-21(26(32)30-25(24)14-18)17-31(12-11-20-7-4-3-5-8-20)27(33)29-23-10-6-9-22(28)16-23/h3-10,13-16H,11-12,17H2,1-2H3,(H,29,33)(H,30,32). The van der Waals surface area contributed by atoms with Crippen molar-refractivity contribution < 1.29 is 4.79 Å². The van der Waals surface area contributed by atoms with Crippen LogP contribution in [0.25, 0.3) is 10.9 Å². The minimum Gasteiger partial charge on any atom is -0.322 e. The van der Waals surface area contributed by atoms with E-state index in [4.69, 9.17) is 11.6 Å². The van der Waals surface area contributed by atoms with Gasteiger partial charge in [0.05, 0.1) is 6.54 Å². The molecule has 2 N–H and O–H groups in total. The number of anilines is 1. The molecule has 0 radical (unpaired) electrons. The van der Waals surface area contributed by atoms with Gasteiger partial charge in [-0.3, -0.25) is 4.79 Å². The topological polar surface area (TPSA) is 65.2 Å². The van der Waals surface area contributed by atoms with Gasteiger partial charge in [-0.25, -0.2) is 4.79 Å². The fraction of sp³-hybridized carbons (Fsp3) is 0.185. The highest BCUT2D eigenvalue weighted by Crippen LogP contribution is 2.20. The number of H-pyrrole nitrogens is 1. The number of benzene rings is 3. The second-order valence-electron chi connectivity index (χ2n) is 8.26. The average molecular weight is 460 g/mol. The van der Waals surface area contributed by atoms with Crippen LogP contribution in [0.2, 0.25) is 5.02 Å². The molecule has 0 aliphatic carbocycles. The molecule has 0 spiro atoms. The lowest BCUT2D eigenvalue weighted by Gasteiger charge is -2.23. The number of pyridine rings is 1. The Hall–Kier alpha value is -3.57. The Morgan fingerprint density at radius 2 is 1.79 bits per heavy atom. The monoisotopic (exact) mass is 459 g/mol. The van der Waals surface area contributed by atoms with Gasteiger partial charge in [0, 0.05) is 33.7 Å². The smallest absolute Gasteiger partial charge is 0.322 e. The number of fused-ring (bicyclic) bond motifs is 1. The van der Waals surface area contributed by atoms with Crippen LogP contribution >= 0.6 is 11.6 Å². The molecule has 0 aliphatic heterocycles. The van der Waals surface area contributed by atoms with Crippen LogP contribution in [0.1, 0.15) is 22.3 Å². The van der Waals surface area contributed by atoms with Crippen LogP contribution < -0.4 is 10.9 Å². The third-order valence-corrected chi connectivity index (χ3v) is 5.86. The summed E-state index contributed by atoms with van der Waals surface area (Å²) in [5.74, 6) is 0. The second-order valence-corrected chi connectivity index (χ2v) is 8.70. The second kappa shape index (κ2) is 9.92. The Balaban J connectivity index is 1.63. The van der Waals surface area contributed by atoms with Gasteiger partial charge in [0.2, 0.25) is 0 Å². The fourth-order valence-electron chi connectivity index (χ4n) is 3.97. The van der Waals surface area contributed by atoms with Gasteiger partial charge < -0.3 is 15.2 Å². The number of halogens is 1. The Bertz CT molecular complexity index is 1350. The maximum absolute atomic E-state index is 13.2. The molecule has 0 saturated carbocycles.